The molecule has 1 aliphatic heterocycles. The maximum absolute atomic E-state index is 12.0. The lowest BCUT2D eigenvalue weighted by Crippen LogP contribution is -2.65. The van der Waals surface area contributed by atoms with E-state index >= 15 is 0 Å². The lowest BCUT2D eigenvalue weighted by atomic mass is 9.76. The summed E-state index contributed by atoms with van der Waals surface area (Å²) in [5.74, 6) is 0.0271. The molecule has 0 radical (unpaired) electrons. The summed E-state index contributed by atoms with van der Waals surface area (Å²) in [6.45, 7) is 4.47. The van der Waals surface area contributed by atoms with Gasteiger partial charge in [0.05, 0.1) is 0 Å². The molecule has 4 heteroatoms. The minimum atomic E-state index is -0.574. The summed E-state index contributed by atoms with van der Waals surface area (Å²) in [5.41, 5.74) is 6.31. The van der Waals surface area contributed by atoms with Gasteiger partial charge in [-0.25, -0.2) is 0 Å². The van der Waals surface area contributed by atoms with E-state index in [9.17, 15) is 4.79 Å². The zero-order valence-corrected chi connectivity index (χ0v) is 11.5. The first kappa shape index (κ1) is 14.0. The number of hydrogen-bond donors (Lipinski definition) is 3. The molecular weight excluding hydrogens is 238 g/mol. The summed E-state index contributed by atoms with van der Waals surface area (Å²) in [6, 6.07) is 10.1. The van der Waals surface area contributed by atoms with Crippen LogP contribution in [0.2, 0.25) is 0 Å². The second kappa shape index (κ2) is 6.17. The van der Waals surface area contributed by atoms with E-state index in [1.165, 1.54) is 5.56 Å². The first-order chi connectivity index (χ1) is 9.19. The summed E-state index contributed by atoms with van der Waals surface area (Å²) < 4.78 is 0. The van der Waals surface area contributed by atoms with Gasteiger partial charge in [0, 0.05) is 13.1 Å². The Morgan fingerprint density at radius 2 is 2.21 bits per heavy atom. The van der Waals surface area contributed by atoms with Crippen molar-refractivity contribution in [1.82, 2.24) is 10.6 Å². The van der Waals surface area contributed by atoms with Crippen LogP contribution in [0.4, 0.5) is 0 Å². The molecule has 0 bridgehead atoms. The summed E-state index contributed by atoms with van der Waals surface area (Å²) in [7, 11) is 0. The average Bonchev–Trinajstić information content (AvgIpc) is 2.46. The maximum Gasteiger partial charge on any atom is 0.238 e. The number of carbonyl (C=O) groups excluding carboxylic acids is 1. The topological polar surface area (TPSA) is 67.2 Å². The molecule has 19 heavy (non-hydrogen) atoms. The van der Waals surface area contributed by atoms with Crippen molar-refractivity contribution in [2.45, 2.75) is 31.8 Å². The van der Waals surface area contributed by atoms with Crippen molar-refractivity contribution in [3.05, 3.63) is 35.9 Å². The second-order valence-electron chi connectivity index (χ2n) is 5.23. The van der Waals surface area contributed by atoms with Gasteiger partial charge in [-0.15, -0.1) is 0 Å². The number of nitrogens with two attached hydrogens (primary N) is 1. The lowest BCUT2D eigenvalue weighted by Gasteiger charge is -2.42. The van der Waals surface area contributed by atoms with E-state index in [4.69, 9.17) is 5.73 Å². The first-order valence-corrected chi connectivity index (χ1v) is 6.98. The molecule has 0 aromatic heterocycles. The Balaban J connectivity index is 2.13. The monoisotopic (exact) mass is 261 g/mol. The van der Waals surface area contributed by atoms with Gasteiger partial charge < -0.3 is 11.1 Å². The number of piperidine rings is 1. The van der Waals surface area contributed by atoms with Crippen molar-refractivity contribution in [1.29, 1.82) is 0 Å². The number of nitrogens with one attached hydrogen (secondary N) is 2. The molecule has 2 rings (SSSR count). The van der Waals surface area contributed by atoms with Crippen LogP contribution in [0.1, 0.15) is 25.3 Å². The predicted octanol–water partition coefficient (Wildman–Crippen LogP) is 1.02. The molecule has 0 saturated carbocycles. The first-order valence-electron chi connectivity index (χ1n) is 6.98. The van der Waals surface area contributed by atoms with Gasteiger partial charge in [-0.3, -0.25) is 10.1 Å². The Bertz CT molecular complexity index is 421. The Hall–Kier alpha value is -1.39. The highest BCUT2D eigenvalue weighted by atomic mass is 16.1. The Labute approximate surface area is 114 Å². The number of rotatable bonds is 5. The number of carbonyl (C=O) groups is 1. The van der Waals surface area contributed by atoms with Crippen LogP contribution in [0.3, 0.4) is 0 Å². The highest BCUT2D eigenvalue weighted by Crippen LogP contribution is 2.27. The van der Waals surface area contributed by atoms with Crippen molar-refractivity contribution >= 4 is 5.91 Å². The third kappa shape index (κ3) is 2.96. The summed E-state index contributed by atoms with van der Waals surface area (Å²) in [6.07, 6.45) is 1.70. The molecule has 0 aliphatic carbocycles. The van der Waals surface area contributed by atoms with Crippen molar-refractivity contribution < 1.29 is 4.79 Å². The van der Waals surface area contributed by atoms with Crippen LogP contribution in [-0.2, 0) is 11.3 Å². The Morgan fingerprint density at radius 1 is 1.47 bits per heavy atom. The van der Waals surface area contributed by atoms with Crippen LogP contribution >= 0.6 is 0 Å². The van der Waals surface area contributed by atoms with Gasteiger partial charge in [0.25, 0.3) is 0 Å². The van der Waals surface area contributed by atoms with E-state index in [2.05, 4.69) is 29.7 Å². The molecule has 1 aliphatic rings. The SMILES string of the molecule is CCC1CNCCC1(NCc1ccccc1)C(N)=O. The van der Waals surface area contributed by atoms with Gasteiger partial charge in [0.15, 0.2) is 0 Å². The number of amides is 1. The van der Waals surface area contributed by atoms with E-state index in [1.54, 1.807) is 0 Å². The minimum absolute atomic E-state index is 0.225. The zero-order valence-electron chi connectivity index (χ0n) is 11.5. The fourth-order valence-electron chi connectivity index (χ4n) is 2.93. The largest absolute Gasteiger partial charge is 0.368 e. The van der Waals surface area contributed by atoms with Crippen LogP contribution in [0.15, 0.2) is 30.3 Å². The minimum Gasteiger partial charge on any atom is -0.368 e. The van der Waals surface area contributed by atoms with E-state index < -0.39 is 5.54 Å². The van der Waals surface area contributed by atoms with Crippen LogP contribution in [0.5, 0.6) is 0 Å². The van der Waals surface area contributed by atoms with Crippen LogP contribution in [-0.4, -0.2) is 24.5 Å². The fourth-order valence-corrected chi connectivity index (χ4v) is 2.93. The molecule has 1 saturated heterocycles. The molecular formula is C15H23N3O. The Kier molecular flexibility index (Phi) is 4.56. The molecule has 1 aromatic rings. The molecule has 4 N–H and O–H groups in total. The van der Waals surface area contributed by atoms with Crippen LogP contribution < -0.4 is 16.4 Å². The predicted molar refractivity (Wildman–Crippen MR) is 76.5 cm³/mol. The van der Waals surface area contributed by atoms with E-state index in [0.717, 1.165) is 25.9 Å². The number of benzene rings is 1. The molecule has 1 heterocycles. The third-order valence-corrected chi connectivity index (χ3v) is 4.17. The quantitative estimate of drug-likeness (QED) is 0.741. The maximum atomic E-state index is 12.0. The highest BCUT2D eigenvalue weighted by molar-refractivity contribution is 5.85. The van der Waals surface area contributed by atoms with Gasteiger partial charge in [-0.05, 0) is 30.9 Å². The number of primary amides is 1. The van der Waals surface area contributed by atoms with Crippen molar-refractivity contribution in [3.8, 4) is 0 Å². The lowest BCUT2D eigenvalue weighted by molar-refractivity contribution is -0.128. The van der Waals surface area contributed by atoms with Crippen molar-refractivity contribution in [2.75, 3.05) is 13.1 Å². The Morgan fingerprint density at radius 3 is 2.84 bits per heavy atom. The van der Waals surface area contributed by atoms with Crippen LogP contribution in [0.25, 0.3) is 0 Å². The molecule has 0 spiro atoms. The summed E-state index contributed by atoms with van der Waals surface area (Å²) >= 11 is 0. The van der Waals surface area contributed by atoms with Crippen molar-refractivity contribution in [3.63, 3.8) is 0 Å². The standard InChI is InChI=1S/C15H23N3O/c1-2-13-11-17-9-8-15(13,14(16)19)18-10-12-6-4-3-5-7-12/h3-7,13,17-18H,2,8-11H2,1H3,(H2,16,19). The molecule has 104 valence electrons. The van der Waals surface area contributed by atoms with Crippen LogP contribution in [0, 0.1) is 5.92 Å². The van der Waals surface area contributed by atoms with E-state index in [0.29, 0.717) is 6.54 Å². The summed E-state index contributed by atoms with van der Waals surface area (Å²) in [4.78, 5) is 12.0. The van der Waals surface area contributed by atoms with Gasteiger partial charge >= 0.3 is 0 Å². The average molecular weight is 261 g/mol. The molecule has 1 aromatic carbocycles. The second-order valence-corrected chi connectivity index (χ2v) is 5.23. The molecule has 4 nitrogen and oxygen atoms in total. The molecule has 1 amide bonds. The van der Waals surface area contributed by atoms with E-state index in [1.807, 2.05) is 18.2 Å². The molecule has 2 atom stereocenters. The number of hydrogen-bond acceptors (Lipinski definition) is 3. The molecule has 2 unspecified atom stereocenters. The van der Waals surface area contributed by atoms with Gasteiger partial charge in [-0.1, -0.05) is 37.3 Å². The van der Waals surface area contributed by atoms with Gasteiger partial charge in [0.1, 0.15) is 5.54 Å². The van der Waals surface area contributed by atoms with E-state index in [-0.39, 0.29) is 11.8 Å². The van der Waals surface area contributed by atoms with Gasteiger partial charge in [0.2, 0.25) is 5.91 Å². The normalized spacial score (nSPS) is 27.1. The zero-order chi connectivity index (χ0) is 13.7. The molecule has 1 fully saturated rings. The third-order valence-electron chi connectivity index (χ3n) is 4.17. The van der Waals surface area contributed by atoms with Gasteiger partial charge in [-0.2, -0.15) is 0 Å². The smallest absolute Gasteiger partial charge is 0.238 e. The van der Waals surface area contributed by atoms with Crippen molar-refractivity contribution in [2.24, 2.45) is 11.7 Å². The fraction of sp³-hybridized carbons (Fsp3) is 0.533. The summed E-state index contributed by atoms with van der Waals surface area (Å²) in [5, 5.41) is 6.78. The highest BCUT2D eigenvalue weighted by Gasteiger charge is 2.44.